The molecule has 4 atom stereocenters. The fraction of sp³-hybridized carbons (Fsp3) is 0.737. The SMILES string of the molecule is CCC(=O)O[C@H](OC(=O)NC[C@@]1(CC(=O)O)C[C@@H]2CC(C)=C[C@@H]21)C(C)C. The van der Waals surface area contributed by atoms with Gasteiger partial charge in [0.1, 0.15) is 0 Å². The molecule has 1 saturated carbocycles. The van der Waals surface area contributed by atoms with Crippen LogP contribution in [0.1, 0.15) is 53.4 Å². The quantitative estimate of drug-likeness (QED) is 0.388. The van der Waals surface area contributed by atoms with Crippen molar-refractivity contribution in [3.8, 4) is 0 Å². The van der Waals surface area contributed by atoms with E-state index in [-0.39, 0.29) is 31.2 Å². The molecule has 0 radical (unpaired) electrons. The number of fused-ring (bicyclic) bond motifs is 1. The number of hydrogen-bond donors (Lipinski definition) is 2. The summed E-state index contributed by atoms with van der Waals surface area (Å²) in [5.41, 5.74) is 0.807. The highest BCUT2D eigenvalue weighted by atomic mass is 16.7. The predicted octanol–water partition coefficient (Wildman–Crippen LogP) is 3.10. The Hall–Kier alpha value is -2.05. The van der Waals surface area contributed by atoms with Crippen LogP contribution in [0.4, 0.5) is 4.79 Å². The minimum absolute atomic E-state index is 0.0106. The highest BCUT2D eigenvalue weighted by Crippen LogP contribution is 2.59. The van der Waals surface area contributed by atoms with Crippen molar-refractivity contribution in [1.82, 2.24) is 5.32 Å². The Morgan fingerprint density at radius 2 is 2.04 bits per heavy atom. The van der Waals surface area contributed by atoms with E-state index in [4.69, 9.17) is 9.47 Å². The lowest BCUT2D eigenvalue weighted by Crippen LogP contribution is -2.53. The van der Waals surface area contributed by atoms with Gasteiger partial charge in [-0.2, -0.15) is 0 Å². The number of nitrogens with one attached hydrogen (secondary N) is 1. The number of alkyl carbamates (subject to hydrolysis) is 1. The molecule has 146 valence electrons. The van der Waals surface area contributed by atoms with Gasteiger partial charge in [-0.3, -0.25) is 9.59 Å². The van der Waals surface area contributed by atoms with Crippen LogP contribution in [0.2, 0.25) is 0 Å². The fourth-order valence-electron chi connectivity index (χ4n) is 4.07. The fourth-order valence-corrected chi connectivity index (χ4v) is 4.07. The third-order valence-electron chi connectivity index (χ3n) is 5.32. The molecule has 2 aliphatic carbocycles. The van der Waals surface area contributed by atoms with Gasteiger partial charge in [-0.1, -0.05) is 32.4 Å². The first-order valence-corrected chi connectivity index (χ1v) is 9.20. The summed E-state index contributed by atoms with van der Waals surface area (Å²) in [6.07, 6.45) is 2.47. The molecule has 0 unspecified atom stereocenters. The van der Waals surface area contributed by atoms with Gasteiger partial charge in [0.25, 0.3) is 6.29 Å². The number of allylic oxidation sites excluding steroid dienone is 2. The Bertz CT molecular complexity index is 599. The van der Waals surface area contributed by atoms with Gasteiger partial charge < -0.3 is 19.9 Å². The minimum Gasteiger partial charge on any atom is -0.481 e. The van der Waals surface area contributed by atoms with Gasteiger partial charge in [-0.25, -0.2) is 4.79 Å². The molecule has 26 heavy (non-hydrogen) atoms. The molecule has 2 rings (SSSR count). The van der Waals surface area contributed by atoms with Crippen LogP contribution in [0, 0.1) is 23.2 Å². The zero-order chi connectivity index (χ0) is 19.5. The number of carbonyl (C=O) groups is 3. The number of rotatable bonds is 8. The first-order valence-electron chi connectivity index (χ1n) is 9.20. The Morgan fingerprint density at radius 3 is 2.58 bits per heavy atom. The molecule has 0 saturated heterocycles. The van der Waals surface area contributed by atoms with Crippen LogP contribution >= 0.6 is 0 Å². The molecule has 0 aromatic heterocycles. The lowest BCUT2D eigenvalue weighted by Gasteiger charge is -2.51. The second-order valence-corrected chi connectivity index (χ2v) is 7.85. The molecule has 0 spiro atoms. The Morgan fingerprint density at radius 1 is 1.35 bits per heavy atom. The topological polar surface area (TPSA) is 102 Å². The highest BCUT2D eigenvalue weighted by Gasteiger charge is 2.55. The number of esters is 1. The normalized spacial score (nSPS) is 27.8. The van der Waals surface area contributed by atoms with Crippen molar-refractivity contribution in [3.63, 3.8) is 0 Å². The molecule has 0 bridgehead atoms. The van der Waals surface area contributed by atoms with Crippen molar-refractivity contribution in [2.45, 2.75) is 59.7 Å². The van der Waals surface area contributed by atoms with E-state index in [1.807, 2.05) is 0 Å². The summed E-state index contributed by atoms with van der Waals surface area (Å²) in [7, 11) is 0. The molecule has 0 aliphatic heterocycles. The summed E-state index contributed by atoms with van der Waals surface area (Å²) in [5.74, 6) is -0.836. The summed E-state index contributed by atoms with van der Waals surface area (Å²) in [6, 6.07) is 0. The van der Waals surface area contributed by atoms with Crippen LogP contribution in [0.3, 0.4) is 0 Å². The van der Waals surface area contributed by atoms with Crippen LogP contribution < -0.4 is 5.32 Å². The number of hydrogen-bond acceptors (Lipinski definition) is 5. The van der Waals surface area contributed by atoms with Gasteiger partial charge in [-0.15, -0.1) is 0 Å². The largest absolute Gasteiger partial charge is 0.481 e. The van der Waals surface area contributed by atoms with E-state index < -0.39 is 29.7 Å². The molecular formula is C19H29NO6. The summed E-state index contributed by atoms with van der Waals surface area (Å²) < 4.78 is 10.4. The van der Waals surface area contributed by atoms with E-state index in [1.54, 1.807) is 20.8 Å². The molecule has 7 heteroatoms. The lowest BCUT2D eigenvalue weighted by molar-refractivity contribution is -0.174. The van der Waals surface area contributed by atoms with Crippen LogP contribution in [0.25, 0.3) is 0 Å². The molecular weight excluding hydrogens is 338 g/mol. The standard InChI is InChI=1S/C19H29NO6/c1-5-16(23)25-17(11(2)3)26-18(24)20-10-19(9-15(21)22)8-13-6-12(4)7-14(13)19/h7,11,13-14,17H,5-6,8-10H2,1-4H3,(H,20,24)(H,21,22)/t13-,14-,17+,19-/m0/s1. The maximum Gasteiger partial charge on any atom is 0.410 e. The van der Waals surface area contributed by atoms with Crippen molar-refractivity contribution in [1.29, 1.82) is 0 Å². The first-order chi connectivity index (χ1) is 12.2. The third-order valence-corrected chi connectivity index (χ3v) is 5.32. The summed E-state index contributed by atoms with van der Waals surface area (Å²) in [5, 5.41) is 12.0. The average molecular weight is 367 g/mol. The maximum atomic E-state index is 12.2. The Balaban J connectivity index is 1.95. The van der Waals surface area contributed by atoms with Crippen molar-refractivity contribution in [2.24, 2.45) is 23.2 Å². The average Bonchev–Trinajstić information content (AvgIpc) is 2.86. The van der Waals surface area contributed by atoms with Crippen molar-refractivity contribution in [3.05, 3.63) is 11.6 Å². The van der Waals surface area contributed by atoms with Gasteiger partial charge in [0.15, 0.2) is 0 Å². The van der Waals surface area contributed by atoms with E-state index in [1.165, 1.54) is 5.57 Å². The summed E-state index contributed by atoms with van der Waals surface area (Å²) in [6.45, 7) is 7.53. The van der Waals surface area contributed by atoms with Crippen LogP contribution in [0.5, 0.6) is 0 Å². The van der Waals surface area contributed by atoms with Crippen molar-refractivity contribution >= 4 is 18.0 Å². The number of carboxylic acid groups (broad SMARTS) is 1. The zero-order valence-electron chi connectivity index (χ0n) is 15.9. The molecule has 2 N–H and O–H groups in total. The number of aliphatic carboxylic acids is 1. The van der Waals surface area contributed by atoms with Crippen LogP contribution in [0.15, 0.2) is 11.6 Å². The number of ether oxygens (including phenoxy) is 2. The van der Waals surface area contributed by atoms with Crippen molar-refractivity contribution in [2.75, 3.05) is 6.54 Å². The predicted molar refractivity (Wildman–Crippen MR) is 94.1 cm³/mol. The second kappa shape index (κ2) is 8.10. The first kappa shape index (κ1) is 20.3. The Kier molecular flexibility index (Phi) is 6.31. The van der Waals surface area contributed by atoms with Gasteiger partial charge >= 0.3 is 18.0 Å². The number of amides is 1. The monoisotopic (exact) mass is 367 g/mol. The van der Waals surface area contributed by atoms with E-state index in [9.17, 15) is 19.5 Å². The second-order valence-electron chi connectivity index (χ2n) is 7.85. The lowest BCUT2D eigenvalue weighted by atomic mass is 9.53. The molecule has 0 heterocycles. The van der Waals surface area contributed by atoms with Crippen LogP contribution in [-0.4, -0.2) is 36.0 Å². The van der Waals surface area contributed by atoms with E-state index in [0.29, 0.717) is 5.92 Å². The number of carbonyl (C=O) groups excluding carboxylic acids is 2. The van der Waals surface area contributed by atoms with Crippen LogP contribution in [-0.2, 0) is 19.1 Å². The summed E-state index contributed by atoms with van der Waals surface area (Å²) >= 11 is 0. The molecule has 1 amide bonds. The zero-order valence-corrected chi connectivity index (χ0v) is 15.9. The smallest absolute Gasteiger partial charge is 0.410 e. The number of carboxylic acids is 1. The van der Waals surface area contributed by atoms with E-state index >= 15 is 0 Å². The molecule has 2 aliphatic rings. The van der Waals surface area contributed by atoms with E-state index in [2.05, 4.69) is 18.3 Å². The molecule has 7 nitrogen and oxygen atoms in total. The molecule has 0 aromatic carbocycles. The maximum absolute atomic E-state index is 12.2. The Labute approximate surface area is 154 Å². The van der Waals surface area contributed by atoms with Crippen molar-refractivity contribution < 1.29 is 29.0 Å². The van der Waals surface area contributed by atoms with Gasteiger partial charge in [-0.05, 0) is 31.6 Å². The molecule has 0 aromatic rings. The minimum atomic E-state index is -0.958. The van der Waals surface area contributed by atoms with Gasteiger partial charge in [0, 0.05) is 24.3 Å². The third kappa shape index (κ3) is 4.56. The molecule has 1 fully saturated rings. The highest BCUT2D eigenvalue weighted by molar-refractivity contribution is 5.71. The van der Waals surface area contributed by atoms with E-state index in [0.717, 1.165) is 12.8 Å². The summed E-state index contributed by atoms with van der Waals surface area (Å²) in [4.78, 5) is 34.9. The van der Waals surface area contributed by atoms with Gasteiger partial charge in [0.2, 0.25) is 0 Å². The van der Waals surface area contributed by atoms with Gasteiger partial charge in [0.05, 0.1) is 6.42 Å².